The van der Waals surface area contributed by atoms with Gasteiger partial charge < -0.3 is 51.2 Å². The molecule has 0 saturated carbocycles. The van der Waals surface area contributed by atoms with Crippen LogP contribution in [0.25, 0.3) is 0 Å². The fraction of sp³-hybridized carbons (Fsp3) is 0. The van der Waals surface area contributed by atoms with Crippen molar-refractivity contribution in [3.05, 3.63) is 20.2 Å². The molecule has 0 bridgehead atoms. The lowest BCUT2D eigenvalue weighted by atomic mass is 11.2. The molecule has 0 heterocycles. The van der Waals surface area contributed by atoms with Gasteiger partial charge in [-0.1, -0.05) is 0 Å². The van der Waals surface area contributed by atoms with Crippen molar-refractivity contribution in [1.29, 1.82) is 0 Å². The summed E-state index contributed by atoms with van der Waals surface area (Å²) < 4.78 is 17.8. The molecule has 0 aromatic rings. The molecule has 0 saturated heterocycles. The smallest absolute Gasteiger partial charge is 0.352 e. The Hall–Kier alpha value is -2.11. The normalized spacial score (nSPS) is 8.64. The van der Waals surface area contributed by atoms with Crippen LogP contribution in [0.15, 0.2) is 0 Å². The Kier molecular flexibility index (Phi) is 24.7. The number of hydrogen-bond acceptors (Lipinski definition) is 7. The first-order chi connectivity index (χ1) is 9.20. The summed E-state index contributed by atoms with van der Waals surface area (Å²) in [6.07, 6.45) is 0. The van der Waals surface area contributed by atoms with Crippen LogP contribution in [0.5, 0.6) is 0 Å². The highest BCUT2D eigenvalue weighted by Gasteiger charge is 2.00. The van der Waals surface area contributed by atoms with E-state index in [2.05, 4.69) is 11.5 Å². The molecule has 0 aromatic carbocycles. The van der Waals surface area contributed by atoms with Gasteiger partial charge in [-0.3, -0.25) is 0 Å². The van der Waals surface area contributed by atoms with Crippen LogP contribution in [0.4, 0.5) is 4.79 Å². The molecule has 0 unspecified atom stereocenters. The van der Waals surface area contributed by atoms with Gasteiger partial charge in [-0.25, -0.2) is 13.9 Å². The van der Waals surface area contributed by atoms with Gasteiger partial charge in [-0.05, 0) is 0 Å². The van der Waals surface area contributed by atoms with Gasteiger partial charge in [0.2, 0.25) is 0 Å². The highest BCUT2D eigenvalue weighted by atomic mass is 31.2. The standard InChI is InChI=1S/CH4N2O.2HNO3.2H3O4P/c3*2-1(3)4;2*1-5(2,3)4/h(H4,2,3,4);2*(H,2,3,4);2*(H3,1,2,3,4). The number of phosphoric acid groups is 2. The van der Waals surface area contributed by atoms with Crippen LogP contribution in [0.2, 0.25) is 0 Å². The van der Waals surface area contributed by atoms with Gasteiger partial charge in [0.1, 0.15) is 0 Å². The molecule has 0 aromatic heterocycles. The highest BCUT2D eigenvalue weighted by Crippen LogP contribution is 2.26. The molecule has 19 nitrogen and oxygen atoms in total. The van der Waals surface area contributed by atoms with Crippen molar-refractivity contribution in [2.45, 2.75) is 0 Å². The Morgan fingerprint density at radius 3 is 0.773 bits per heavy atom. The van der Waals surface area contributed by atoms with Crippen LogP contribution in [0.3, 0.4) is 0 Å². The quantitative estimate of drug-likeness (QED) is 0.110. The van der Waals surface area contributed by atoms with E-state index in [-0.39, 0.29) is 0 Å². The summed E-state index contributed by atoms with van der Waals surface area (Å²) in [7, 11) is -9.28. The Bertz CT molecular complexity index is 315. The van der Waals surface area contributed by atoms with Crippen LogP contribution in [0, 0.1) is 20.2 Å². The number of hydrogen-bond donors (Lipinski definition) is 10. The van der Waals surface area contributed by atoms with E-state index in [0.29, 0.717) is 0 Å². The number of rotatable bonds is 0. The first-order valence-electron chi connectivity index (χ1n) is 3.48. The van der Waals surface area contributed by atoms with Crippen molar-refractivity contribution >= 4 is 21.7 Å². The molecule has 0 rings (SSSR count). The van der Waals surface area contributed by atoms with E-state index in [4.69, 9.17) is 73.9 Å². The van der Waals surface area contributed by atoms with Gasteiger partial charge in [0, 0.05) is 0 Å². The minimum absolute atomic E-state index is 0.833. The SMILES string of the molecule is NC(N)=O.O=P(O)(O)O.O=P(O)(O)O.O=[N+]([O-])O.O=[N+]([O-])O. The van der Waals surface area contributed by atoms with Crippen LogP contribution < -0.4 is 11.5 Å². The third-order valence-corrected chi connectivity index (χ3v) is 0. The number of carbonyl (C=O) groups excluding carboxylic acids is 1. The van der Waals surface area contributed by atoms with E-state index in [9.17, 15) is 0 Å². The maximum atomic E-state index is 9.00. The fourth-order valence-corrected chi connectivity index (χ4v) is 0. The number of urea groups is 1. The largest absolute Gasteiger partial charge is 0.466 e. The average molecular weight is 382 g/mol. The predicted octanol–water partition coefficient (Wildman–Crippen LogP) is -3.53. The van der Waals surface area contributed by atoms with Crippen molar-refractivity contribution in [1.82, 2.24) is 0 Å². The van der Waals surface area contributed by atoms with Crippen LogP contribution >= 0.6 is 15.6 Å². The maximum absolute atomic E-state index is 9.00. The maximum Gasteiger partial charge on any atom is 0.466 e. The van der Waals surface area contributed by atoms with Crippen molar-refractivity contribution in [3.63, 3.8) is 0 Å². The van der Waals surface area contributed by atoms with E-state index in [1.54, 1.807) is 0 Å². The summed E-state index contributed by atoms with van der Waals surface area (Å²) in [6.45, 7) is 0. The van der Waals surface area contributed by atoms with Crippen molar-refractivity contribution in [3.8, 4) is 0 Å². The van der Waals surface area contributed by atoms with Gasteiger partial charge in [0.15, 0.2) is 0 Å². The van der Waals surface area contributed by atoms with Crippen LogP contribution in [-0.4, -0.2) is 56.0 Å². The third-order valence-electron chi connectivity index (χ3n) is 0. The van der Waals surface area contributed by atoms with Crippen molar-refractivity contribution in [2.24, 2.45) is 11.5 Å². The monoisotopic (exact) mass is 382 g/mol. The van der Waals surface area contributed by atoms with Gasteiger partial charge in [-0.15, -0.1) is 20.2 Å². The molecule has 0 spiro atoms. The number of primary amides is 2. The zero-order valence-electron chi connectivity index (χ0n) is 9.88. The second-order valence-corrected chi connectivity index (χ2v) is 3.96. The topological polar surface area (TPSA) is 351 Å². The minimum Gasteiger partial charge on any atom is -0.352 e. The van der Waals surface area contributed by atoms with Crippen LogP contribution in [0.1, 0.15) is 0 Å². The Morgan fingerprint density at radius 1 is 0.773 bits per heavy atom. The van der Waals surface area contributed by atoms with Gasteiger partial charge in [-0.2, -0.15) is 0 Å². The lowest BCUT2D eigenvalue weighted by Gasteiger charge is -1.82. The molecule has 0 atom stereocenters. The van der Waals surface area contributed by atoms with Crippen molar-refractivity contribution < 1.29 is 63.9 Å². The summed E-state index contributed by atoms with van der Waals surface area (Å²) in [4.78, 5) is 68.8. The number of nitrogens with zero attached hydrogens (tertiary/aromatic N) is 2. The Morgan fingerprint density at radius 2 is 0.773 bits per heavy atom. The lowest BCUT2D eigenvalue weighted by molar-refractivity contribution is -0.742. The Balaban J connectivity index is -0.0000000550. The molecule has 22 heavy (non-hydrogen) atoms. The van der Waals surface area contributed by atoms with E-state index >= 15 is 0 Å². The molecule has 2 amide bonds. The first-order valence-corrected chi connectivity index (χ1v) is 6.61. The summed E-state index contributed by atoms with van der Waals surface area (Å²) in [5.41, 5.74) is 8.50. The summed E-state index contributed by atoms with van der Waals surface area (Å²) >= 11 is 0. The molecular formula is CH12N4O15P2. The van der Waals surface area contributed by atoms with Gasteiger partial charge in [0.25, 0.3) is 10.2 Å². The van der Waals surface area contributed by atoms with E-state index < -0.39 is 31.8 Å². The molecular weight excluding hydrogens is 370 g/mol. The number of amides is 2. The second kappa shape index (κ2) is 16.9. The summed E-state index contributed by atoms with van der Waals surface area (Å²) in [5.74, 6) is 0. The Labute approximate surface area is 118 Å². The molecule has 0 radical (unpaired) electrons. The molecule has 0 fully saturated rings. The van der Waals surface area contributed by atoms with E-state index in [0.717, 1.165) is 0 Å². The molecule has 0 aliphatic carbocycles. The number of nitrogens with two attached hydrogens (primary N) is 2. The second-order valence-electron chi connectivity index (χ2n) is 1.90. The van der Waals surface area contributed by atoms with Crippen LogP contribution in [-0.2, 0) is 9.13 Å². The lowest BCUT2D eigenvalue weighted by Crippen LogP contribution is -2.18. The zero-order valence-corrected chi connectivity index (χ0v) is 11.7. The molecule has 21 heteroatoms. The highest BCUT2D eigenvalue weighted by molar-refractivity contribution is 7.45. The summed E-state index contributed by atoms with van der Waals surface area (Å²) in [6, 6.07) is -0.833. The molecule has 0 aliphatic rings. The van der Waals surface area contributed by atoms with Gasteiger partial charge >= 0.3 is 21.7 Å². The predicted molar refractivity (Wildman–Crippen MR) is 59.9 cm³/mol. The minimum atomic E-state index is -4.64. The molecule has 12 N–H and O–H groups in total. The number of carbonyl (C=O) groups is 1. The van der Waals surface area contributed by atoms with Crippen molar-refractivity contribution in [2.75, 3.05) is 0 Å². The van der Waals surface area contributed by atoms with E-state index in [1.165, 1.54) is 0 Å². The molecule has 136 valence electrons. The van der Waals surface area contributed by atoms with E-state index in [1.807, 2.05) is 0 Å². The molecule has 0 aliphatic heterocycles. The zero-order chi connectivity index (χ0) is 19.7. The average Bonchev–Trinajstić information content (AvgIpc) is 1.88. The summed E-state index contributed by atoms with van der Waals surface area (Å²) in [5, 5.41) is 27.3. The third kappa shape index (κ3) is 1150. The first kappa shape index (κ1) is 32.0. The fourth-order valence-electron chi connectivity index (χ4n) is 0. The van der Waals surface area contributed by atoms with Gasteiger partial charge in [0.05, 0.1) is 0 Å².